The standard InChI is InChI=1S/C32H28BrClN2O6S/c1-5-41-31(38)28-18(2)35-32-36(29(28)20-11-13-24(39-3)22(33)16-20)30(37)27(43-32)15-19-10-12-25(26(14-19)40-4)42-17-21-8-6-7-9-23(21)34/h6-16,29H,5,17H2,1-4H3/b27-15+/t29-/m1/s1. The van der Waals surface area contributed by atoms with Gasteiger partial charge in [-0.15, -0.1) is 0 Å². The Kier molecular flexibility index (Phi) is 9.39. The molecule has 1 aliphatic rings. The minimum Gasteiger partial charge on any atom is -0.496 e. The number of benzene rings is 3. The van der Waals surface area contributed by atoms with Crippen molar-refractivity contribution in [2.24, 2.45) is 4.99 Å². The number of nitrogens with zero attached hydrogens (tertiary/aromatic N) is 2. The van der Waals surface area contributed by atoms with Gasteiger partial charge in [0, 0.05) is 10.6 Å². The van der Waals surface area contributed by atoms with E-state index in [1.807, 2.05) is 42.5 Å². The van der Waals surface area contributed by atoms with Crippen LogP contribution < -0.4 is 29.1 Å². The zero-order valence-corrected chi connectivity index (χ0v) is 27.0. The van der Waals surface area contributed by atoms with E-state index >= 15 is 0 Å². The second-order valence-electron chi connectivity index (χ2n) is 9.49. The molecule has 3 aromatic carbocycles. The molecule has 0 fully saturated rings. The fraction of sp³-hybridized carbons (Fsp3) is 0.219. The average molecular weight is 684 g/mol. The van der Waals surface area contributed by atoms with Gasteiger partial charge in [-0.1, -0.05) is 53.3 Å². The van der Waals surface area contributed by atoms with Crippen LogP contribution in [0.5, 0.6) is 17.2 Å². The van der Waals surface area contributed by atoms with Crippen LogP contribution in [0.4, 0.5) is 0 Å². The molecule has 0 bridgehead atoms. The van der Waals surface area contributed by atoms with E-state index in [0.29, 0.717) is 52.9 Å². The third-order valence-electron chi connectivity index (χ3n) is 6.84. The van der Waals surface area contributed by atoms with Crippen LogP contribution in [0.3, 0.4) is 0 Å². The topological polar surface area (TPSA) is 88.4 Å². The molecule has 1 atom stereocenters. The lowest BCUT2D eigenvalue weighted by molar-refractivity contribution is -0.139. The number of esters is 1. The molecule has 1 aromatic heterocycles. The lowest BCUT2D eigenvalue weighted by Gasteiger charge is -2.25. The van der Waals surface area contributed by atoms with Crippen LogP contribution in [0.15, 0.2) is 86.2 Å². The lowest BCUT2D eigenvalue weighted by atomic mass is 9.96. The smallest absolute Gasteiger partial charge is 0.338 e. The molecule has 0 N–H and O–H groups in total. The van der Waals surface area contributed by atoms with E-state index in [9.17, 15) is 9.59 Å². The van der Waals surface area contributed by atoms with Crippen molar-refractivity contribution in [3.05, 3.63) is 118 Å². The maximum absolute atomic E-state index is 14.0. The number of methoxy groups -OCH3 is 2. The molecular weight excluding hydrogens is 656 g/mol. The fourth-order valence-corrected chi connectivity index (χ4v) is 6.57. The van der Waals surface area contributed by atoms with E-state index in [0.717, 1.165) is 11.1 Å². The summed E-state index contributed by atoms with van der Waals surface area (Å²) in [5.41, 5.74) is 2.81. The quantitative estimate of drug-likeness (QED) is 0.207. The summed E-state index contributed by atoms with van der Waals surface area (Å²) >= 11 is 11.0. The molecule has 0 saturated carbocycles. The number of rotatable bonds is 9. The highest BCUT2D eigenvalue weighted by atomic mass is 79.9. The number of fused-ring (bicyclic) bond motifs is 1. The van der Waals surface area contributed by atoms with Gasteiger partial charge in [0.15, 0.2) is 16.3 Å². The lowest BCUT2D eigenvalue weighted by Crippen LogP contribution is -2.39. The Hall–Kier alpha value is -3.86. The van der Waals surface area contributed by atoms with E-state index in [1.54, 1.807) is 56.9 Å². The first kappa shape index (κ1) is 30.6. The van der Waals surface area contributed by atoms with E-state index in [-0.39, 0.29) is 18.8 Å². The summed E-state index contributed by atoms with van der Waals surface area (Å²) in [5, 5.41) is 0.620. The van der Waals surface area contributed by atoms with Crippen molar-refractivity contribution in [3.63, 3.8) is 0 Å². The van der Waals surface area contributed by atoms with Gasteiger partial charge in [0.25, 0.3) is 5.56 Å². The van der Waals surface area contributed by atoms with Crippen molar-refractivity contribution in [1.82, 2.24) is 4.57 Å². The van der Waals surface area contributed by atoms with E-state index < -0.39 is 12.0 Å². The molecule has 5 rings (SSSR count). The van der Waals surface area contributed by atoms with Gasteiger partial charge >= 0.3 is 5.97 Å². The third kappa shape index (κ3) is 6.27. The SMILES string of the molecule is CCOC(=O)C1=C(C)N=c2s/c(=C/c3ccc(OCc4ccccc4Cl)c(OC)c3)c(=O)n2[C@@H]1c1ccc(OC)c(Br)c1. The number of aromatic nitrogens is 1. The summed E-state index contributed by atoms with van der Waals surface area (Å²) < 4.78 is 25.0. The van der Waals surface area contributed by atoms with Crippen molar-refractivity contribution in [3.8, 4) is 17.2 Å². The second-order valence-corrected chi connectivity index (χ2v) is 11.8. The highest BCUT2D eigenvalue weighted by Crippen LogP contribution is 2.35. The summed E-state index contributed by atoms with van der Waals surface area (Å²) in [6.07, 6.45) is 1.77. The molecule has 1 aliphatic heterocycles. The van der Waals surface area contributed by atoms with Gasteiger partial charge in [0.1, 0.15) is 12.4 Å². The minimum atomic E-state index is -0.741. The first-order valence-electron chi connectivity index (χ1n) is 13.3. The largest absolute Gasteiger partial charge is 0.496 e. The number of hydrogen-bond acceptors (Lipinski definition) is 8. The predicted octanol–water partition coefficient (Wildman–Crippen LogP) is 5.81. The van der Waals surface area contributed by atoms with Crippen LogP contribution in [0.2, 0.25) is 5.02 Å². The van der Waals surface area contributed by atoms with E-state index in [4.69, 9.17) is 30.5 Å². The minimum absolute atomic E-state index is 0.193. The normalized spacial score (nSPS) is 14.7. The molecular formula is C32H28BrClN2O6S. The number of halogens is 2. The van der Waals surface area contributed by atoms with Gasteiger partial charge < -0.3 is 18.9 Å². The van der Waals surface area contributed by atoms with Crippen molar-refractivity contribution < 1.29 is 23.7 Å². The Labute approximate surface area is 265 Å². The molecule has 0 aliphatic carbocycles. The number of carbonyl (C=O) groups excluding carboxylic acids is 1. The van der Waals surface area contributed by atoms with Crippen LogP contribution in [-0.4, -0.2) is 31.4 Å². The number of carbonyl (C=O) groups is 1. The molecule has 0 amide bonds. The maximum atomic E-state index is 14.0. The highest BCUT2D eigenvalue weighted by molar-refractivity contribution is 9.10. The molecule has 222 valence electrons. The number of allylic oxidation sites excluding steroid dienone is 1. The summed E-state index contributed by atoms with van der Waals surface area (Å²) in [5.74, 6) is 1.16. The third-order valence-corrected chi connectivity index (χ3v) is 8.81. The molecule has 0 spiro atoms. The van der Waals surface area contributed by atoms with E-state index in [2.05, 4.69) is 20.9 Å². The zero-order valence-electron chi connectivity index (χ0n) is 23.9. The Morgan fingerprint density at radius 3 is 2.51 bits per heavy atom. The van der Waals surface area contributed by atoms with Gasteiger partial charge in [-0.05, 0) is 77.3 Å². The summed E-state index contributed by atoms with van der Waals surface area (Å²) in [4.78, 5) is 32.2. The molecule has 0 radical (unpaired) electrons. The van der Waals surface area contributed by atoms with Crippen LogP contribution in [0, 0.1) is 0 Å². The molecule has 8 nitrogen and oxygen atoms in total. The van der Waals surface area contributed by atoms with Gasteiger partial charge in [0.2, 0.25) is 0 Å². The predicted molar refractivity (Wildman–Crippen MR) is 170 cm³/mol. The summed E-state index contributed by atoms with van der Waals surface area (Å²) in [6, 6.07) is 17.6. The van der Waals surface area contributed by atoms with Gasteiger partial charge in [-0.25, -0.2) is 9.79 Å². The Balaban J connectivity index is 1.56. The van der Waals surface area contributed by atoms with Gasteiger partial charge in [-0.2, -0.15) is 0 Å². The first-order valence-corrected chi connectivity index (χ1v) is 15.3. The second kappa shape index (κ2) is 13.2. The van der Waals surface area contributed by atoms with Crippen LogP contribution in [0.25, 0.3) is 6.08 Å². The Morgan fingerprint density at radius 1 is 1.07 bits per heavy atom. The molecule has 4 aromatic rings. The zero-order chi connectivity index (χ0) is 30.7. The Morgan fingerprint density at radius 2 is 1.81 bits per heavy atom. The van der Waals surface area contributed by atoms with Crippen LogP contribution in [0.1, 0.15) is 36.6 Å². The molecule has 2 heterocycles. The van der Waals surface area contributed by atoms with Crippen molar-refractivity contribution >= 4 is 50.9 Å². The maximum Gasteiger partial charge on any atom is 0.338 e. The van der Waals surface area contributed by atoms with Crippen LogP contribution >= 0.6 is 38.9 Å². The summed E-state index contributed by atoms with van der Waals surface area (Å²) in [7, 11) is 3.13. The van der Waals surface area contributed by atoms with Crippen LogP contribution in [-0.2, 0) is 16.1 Å². The molecule has 43 heavy (non-hydrogen) atoms. The summed E-state index contributed by atoms with van der Waals surface area (Å²) in [6.45, 7) is 3.96. The molecule has 0 saturated heterocycles. The molecule has 11 heteroatoms. The average Bonchev–Trinajstić information content (AvgIpc) is 3.30. The van der Waals surface area contributed by atoms with Gasteiger partial charge in [0.05, 0.1) is 47.1 Å². The number of hydrogen-bond donors (Lipinski definition) is 0. The van der Waals surface area contributed by atoms with Crippen molar-refractivity contribution in [1.29, 1.82) is 0 Å². The van der Waals surface area contributed by atoms with E-state index in [1.165, 1.54) is 11.3 Å². The fourth-order valence-electron chi connectivity index (χ4n) is 4.78. The number of ether oxygens (including phenoxy) is 4. The first-order chi connectivity index (χ1) is 20.7. The van der Waals surface area contributed by atoms with Crippen molar-refractivity contribution in [2.45, 2.75) is 26.5 Å². The molecule has 0 unspecified atom stereocenters. The number of thiazole rings is 1. The monoisotopic (exact) mass is 682 g/mol. The Bertz CT molecular complexity index is 1920. The van der Waals surface area contributed by atoms with Crippen molar-refractivity contribution in [2.75, 3.05) is 20.8 Å². The highest BCUT2D eigenvalue weighted by Gasteiger charge is 2.33. The van der Waals surface area contributed by atoms with Gasteiger partial charge in [-0.3, -0.25) is 9.36 Å².